The largest absolute Gasteiger partial charge is 0.457 e. The number of aromatic nitrogens is 1. The van der Waals surface area contributed by atoms with Gasteiger partial charge in [0.15, 0.2) is 0 Å². The molecule has 0 bridgehead atoms. The Hall–Kier alpha value is -2.06. The van der Waals surface area contributed by atoms with Gasteiger partial charge >= 0.3 is 0 Å². The van der Waals surface area contributed by atoms with Crippen LogP contribution in [-0.4, -0.2) is 4.98 Å². The van der Waals surface area contributed by atoms with Crippen LogP contribution in [-0.2, 0) is 0 Å². The Balaban J connectivity index is 2.07. The average molecular weight is 284 g/mol. The lowest BCUT2D eigenvalue weighted by Gasteiger charge is -2.10. The highest BCUT2D eigenvalue weighted by atomic mass is 35.5. The molecule has 0 unspecified atom stereocenters. The highest BCUT2D eigenvalue weighted by Crippen LogP contribution is 2.31. The Bertz CT molecular complexity index is 769. The molecule has 0 aliphatic carbocycles. The molecule has 1 aromatic heterocycles. The Morgan fingerprint density at radius 3 is 2.45 bits per heavy atom. The van der Waals surface area contributed by atoms with Gasteiger partial charge in [0.25, 0.3) is 0 Å². The summed E-state index contributed by atoms with van der Waals surface area (Å²) in [5.74, 6) is 1.57. The van der Waals surface area contributed by atoms with Gasteiger partial charge in [-0.05, 0) is 49.7 Å². The molecule has 0 aliphatic heterocycles. The molecule has 20 heavy (non-hydrogen) atoms. The van der Waals surface area contributed by atoms with Crippen LogP contribution in [0.15, 0.2) is 48.5 Å². The van der Waals surface area contributed by atoms with Crippen molar-refractivity contribution in [3.05, 3.63) is 64.8 Å². The Morgan fingerprint density at radius 1 is 0.950 bits per heavy atom. The topological polar surface area (TPSA) is 22.1 Å². The maximum absolute atomic E-state index is 6.41. The molecular formula is C17H14ClNO. The van der Waals surface area contributed by atoms with Crippen LogP contribution in [0.25, 0.3) is 10.9 Å². The number of fused-ring (bicyclic) bond motifs is 1. The first-order chi connectivity index (χ1) is 9.65. The molecule has 3 rings (SSSR count). The number of aryl methyl sites for hydroxylation is 1. The lowest BCUT2D eigenvalue weighted by Crippen LogP contribution is -1.91. The molecule has 100 valence electrons. The zero-order valence-electron chi connectivity index (χ0n) is 11.4. The van der Waals surface area contributed by atoms with Crippen molar-refractivity contribution in [2.45, 2.75) is 13.8 Å². The van der Waals surface area contributed by atoms with Crippen LogP contribution in [0.5, 0.6) is 11.5 Å². The van der Waals surface area contributed by atoms with Crippen LogP contribution in [0.4, 0.5) is 0 Å². The van der Waals surface area contributed by atoms with E-state index >= 15 is 0 Å². The van der Waals surface area contributed by atoms with E-state index in [0.29, 0.717) is 0 Å². The third-order valence-corrected chi connectivity index (χ3v) is 3.83. The lowest BCUT2D eigenvalue weighted by atomic mass is 10.1. The fourth-order valence-corrected chi connectivity index (χ4v) is 2.39. The van der Waals surface area contributed by atoms with Gasteiger partial charge in [-0.3, -0.25) is 4.98 Å². The number of hydrogen-bond donors (Lipinski definition) is 0. The quantitative estimate of drug-likeness (QED) is 0.637. The van der Waals surface area contributed by atoms with Gasteiger partial charge in [0, 0.05) is 11.1 Å². The number of pyridine rings is 1. The molecule has 0 N–H and O–H groups in total. The zero-order valence-corrected chi connectivity index (χ0v) is 12.1. The van der Waals surface area contributed by atoms with Crippen LogP contribution < -0.4 is 4.74 Å². The van der Waals surface area contributed by atoms with Crippen molar-refractivity contribution in [1.29, 1.82) is 0 Å². The first kappa shape index (κ1) is 12.9. The smallest absolute Gasteiger partial charge is 0.128 e. The SMILES string of the molecule is Cc1nc2ccc(Oc3ccccc3)cc2c(Cl)c1C. The van der Waals surface area contributed by atoms with Gasteiger partial charge in [-0.15, -0.1) is 0 Å². The van der Waals surface area contributed by atoms with Crippen molar-refractivity contribution >= 4 is 22.5 Å². The van der Waals surface area contributed by atoms with Crippen molar-refractivity contribution in [3.8, 4) is 11.5 Å². The number of para-hydroxylation sites is 1. The van der Waals surface area contributed by atoms with Crippen molar-refractivity contribution in [3.63, 3.8) is 0 Å². The van der Waals surface area contributed by atoms with Gasteiger partial charge in [0.05, 0.1) is 10.5 Å². The van der Waals surface area contributed by atoms with Gasteiger partial charge in [-0.25, -0.2) is 0 Å². The molecule has 0 radical (unpaired) electrons. The molecule has 2 nitrogen and oxygen atoms in total. The Labute approximate surface area is 123 Å². The van der Waals surface area contributed by atoms with Crippen molar-refractivity contribution in [2.24, 2.45) is 0 Å². The molecule has 1 heterocycles. The number of rotatable bonds is 2. The first-order valence-corrected chi connectivity index (χ1v) is 6.82. The number of hydrogen-bond acceptors (Lipinski definition) is 2. The molecule has 0 amide bonds. The predicted molar refractivity (Wildman–Crippen MR) is 82.7 cm³/mol. The first-order valence-electron chi connectivity index (χ1n) is 6.44. The van der Waals surface area contributed by atoms with Crippen LogP contribution in [0.1, 0.15) is 11.3 Å². The number of ether oxygens (including phenoxy) is 1. The fraction of sp³-hybridized carbons (Fsp3) is 0.118. The van der Waals surface area contributed by atoms with Crippen molar-refractivity contribution in [2.75, 3.05) is 0 Å². The van der Waals surface area contributed by atoms with E-state index in [2.05, 4.69) is 4.98 Å². The van der Waals surface area contributed by atoms with Crippen molar-refractivity contribution in [1.82, 2.24) is 4.98 Å². The maximum Gasteiger partial charge on any atom is 0.128 e. The molecule has 2 aromatic carbocycles. The lowest BCUT2D eigenvalue weighted by molar-refractivity contribution is 0.483. The number of halogens is 1. The Kier molecular flexibility index (Phi) is 3.33. The second-order valence-electron chi connectivity index (χ2n) is 4.73. The molecule has 3 aromatic rings. The van der Waals surface area contributed by atoms with Crippen LogP contribution in [0, 0.1) is 13.8 Å². The van der Waals surface area contributed by atoms with E-state index in [0.717, 1.165) is 38.7 Å². The van der Waals surface area contributed by atoms with Gasteiger partial charge in [0.2, 0.25) is 0 Å². The monoisotopic (exact) mass is 283 g/mol. The summed E-state index contributed by atoms with van der Waals surface area (Å²) in [5, 5.41) is 1.66. The van der Waals surface area contributed by atoms with Gasteiger partial charge in [-0.2, -0.15) is 0 Å². The van der Waals surface area contributed by atoms with Crippen LogP contribution in [0.3, 0.4) is 0 Å². The van der Waals surface area contributed by atoms with E-state index in [1.54, 1.807) is 0 Å². The molecule has 0 saturated heterocycles. The second kappa shape index (κ2) is 5.14. The summed E-state index contributed by atoms with van der Waals surface area (Å²) < 4.78 is 5.83. The van der Waals surface area contributed by atoms with E-state index in [9.17, 15) is 0 Å². The standard InChI is InChI=1S/C17H14ClNO/c1-11-12(2)19-16-9-8-14(10-15(16)17(11)18)20-13-6-4-3-5-7-13/h3-10H,1-2H3. The minimum Gasteiger partial charge on any atom is -0.457 e. The minimum atomic E-state index is 0.742. The highest BCUT2D eigenvalue weighted by Gasteiger charge is 2.08. The van der Waals surface area contributed by atoms with E-state index in [1.807, 2.05) is 62.4 Å². The average Bonchev–Trinajstić information content (AvgIpc) is 2.47. The summed E-state index contributed by atoms with van der Waals surface area (Å²) in [6, 6.07) is 15.5. The summed E-state index contributed by atoms with van der Waals surface area (Å²) in [5.41, 5.74) is 2.86. The molecule has 0 saturated carbocycles. The summed E-state index contributed by atoms with van der Waals surface area (Å²) >= 11 is 6.41. The molecule has 0 fully saturated rings. The summed E-state index contributed by atoms with van der Waals surface area (Å²) in [6.45, 7) is 3.95. The summed E-state index contributed by atoms with van der Waals surface area (Å²) in [6.07, 6.45) is 0. The summed E-state index contributed by atoms with van der Waals surface area (Å²) in [4.78, 5) is 4.54. The minimum absolute atomic E-state index is 0.742. The van der Waals surface area contributed by atoms with Gasteiger partial charge < -0.3 is 4.74 Å². The van der Waals surface area contributed by atoms with Gasteiger partial charge in [-0.1, -0.05) is 29.8 Å². The highest BCUT2D eigenvalue weighted by molar-refractivity contribution is 6.36. The second-order valence-corrected chi connectivity index (χ2v) is 5.11. The molecule has 3 heteroatoms. The Morgan fingerprint density at radius 2 is 1.70 bits per heavy atom. The predicted octanol–water partition coefficient (Wildman–Crippen LogP) is 5.30. The number of benzene rings is 2. The molecule has 0 aliphatic rings. The zero-order chi connectivity index (χ0) is 14.1. The van der Waals surface area contributed by atoms with E-state index < -0.39 is 0 Å². The summed E-state index contributed by atoms with van der Waals surface area (Å²) in [7, 11) is 0. The molecular weight excluding hydrogens is 270 g/mol. The van der Waals surface area contributed by atoms with Crippen LogP contribution in [0.2, 0.25) is 5.02 Å². The fourth-order valence-electron chi connectivity index (χ4n) is 2.10. The van der Waals surface area contributed by atoms with Crippen LogP contribution >= 0.6 is 11.6 Å². The van der Waals surface area contributed by atoms with Gasteiger partial charge in [0.1, 0.15) is 11.5 Å². The maximum atomic E-state index is 6.41. The van der Waals surface area contributed by atoms with E-state index in [4.69, 9.17) is 16.3 Å². The molecule has 0 spiro atoms. The third kappa shape index (κ3) is 2.35. The molecule has 0 atom stereocenters. The van der Waals surface area contributed by atoms with E-state index in [-0.39, 0.29) is 0 Å². The third-order valence-electron chi connectivity index (χ3n) is 3.34. The number of nitrogens with zero attached hydrogens (tertiary/aromatic N) is 1. The van der Waals surface area contributed by atoms with Crippen molar-refractivity contribution < 1.29 is 4.74 Å². The van der Waals surface area contributed by atoms with E-state index in [1.165, 1.54) is 0 Å². The normalized spacial score (nSPS) is 10.8.